The molecule has 0 saturated carbocycles. The normalized spacial score (nSPS) is 15.6. The zero-order valence-corrected chi connectivity index (χ0v) is 19.6. The van der Waals surface area contributed by atoms with E-state index in [1.165, 1.54) is 38.5 Å². The molecule has 0 aromatic carbocycles. The molecule has 0 aromatic rings. The largest absolute Gasteiger partial charge is 0.460 e. The zero-order chi connectivity index (χ0) is 33.2. The lowest BCUT2D eigenvalue weighted by Gasteiger charge is -2.43. The Balaban J connectivity index is 0. The van der Waals surface area contributed by atoms with Crippen molar-refractivity contribution in [1.29, 1.82) is 0 Å². The maximum atomic E-state index is 13.1. The molecular weight excluding hydrogens is 634 g/mol. The standard InChI is InChI=1S/C10F22.C8H18/c11-1(12,3(15,16)5(19,20)7(23,24)9(27,28)29)2(13,14)4(17,18)6(21,22)8(25,26)10(30,31)32;1-3-5-7-8-6-4-2/h;3-8H2,1-2H3. The van der Waals surface area contributed by atoms with E-state index in [1.54, 1.807) is 0 Å². The van der Waals surface area contributed by atoms with E-state index in [-0.39, 0.29) is 0 Å². The summed E-state index contributed by atoms with van der Waals surface area (Å²) in [5.41, 5.74) is 0. The van der Waals surface area contributed by atoms with Crippen LogP contribution >= 0.6 is 0 Å². The highest BCUT2D eigenvalue weighted by Gasteiger charge is 2.98. The Morgan fingerprint density at radius 2 is 0.400 bits per heavy atom. The van der Waals surface area contributed by atoms with Gasteiger partial charge in [-0.25, -0.2) is 0 Å². The Hall–Kier alpha value is -1.54. The lowest BCUT2D eigenvalue weighted by molar-refractivity contribution is -0.478. The molecule has 22 heteroatoms. The van der Waals surface area contributed by atoms with Crippen molar-refractivity contribution in [2.75, 3.05) is 0 Å². The van der Waals surface area contributed by atoms with Crippen LogP contribution in [0.15, 0.2) is 0 Å². The van der Waals surface area contributed by atoms with Crippen LogP contribution in [0.3, 0.4) is 0 Å². The highest BCUT2D eigenvalue weighted by Crippen LogP contribution is 2.66. The summed E-state index contributed by atoms with van der Waals surface area (Å²) in [4.78, 5) is 0. The number of hydrogen-bond acceptors (Lipinski definition) is 0. The topological polar surface area (TPSA) is 0 Å². The van der Waals surface area contributed by atoms with Crippen LogP contribution < -0.4 is 0 Å². The molecule has 0 atom stereocenters. The Bertz CT molecular complexity index is 721. The molecule has 0 bridgehead atoms. The molecule has 0 aliphatic carbocycles. The van der Waals surface area contributed by atoms with Crippen molar-refractivity contribution < 1.29 is 96.6 Å². The molecule has 0 amide bonds. The Morgan fingerprint density at radius 1 is 0.250 bits per heavy atom. The van der Waals surface area contributed by atoms with Gasteiger partial charge < -0.3 is 0 Å². The molecule has 0 aromatic heterocycles. The molecular formula is C18H18F22. The van der Waals surface area contributed by atoms with Crippen LogP contribution in [0.2, 0.25) is 0 Å². The third-order valence-corrected chi connectivity index (χ3v) is 4.93. The van der Waals surface area contributed by atoms with Gasteiger partial charge >= 0.3 is 59.7 Å². The van der Waals surface area contributed by atoms with Crippen molar-refractivity contribution in [2.24, 2.45) is 0 Å². The van der Waals surface area contributed by atoms with Crippen LogP contribution in [0.1, 0.15) is 52.4 Å². The van der Waals surface area contributed by atoms with Gasteiger partial charge in [0.2, 0.25) is 0 Å². The summed E-state index contributed by atoms with van der Waals surface area (Å²) >= 11 is 0. The van der Waals surface area contributed by atoms with Crippen LogP contribution in [-0.4, -0.2) is 59.7 Å². The minimum atomic E-state index is -9.24. The molecule has 0 aliphatic rings. The maximum absolute atomic E-state index is 13.1. The molecule has 0 heterocycles. The summed E-state index contributed by atoms with van der Waals surface area (Å²) < 4.78 is 276. The van der Waals surface area contributed by atoms with E-state index in [2.05, 4.69) is 13.8 Å². The fourth-order valence-corrected chi connectivity index (χ4v) is 2.39. The minimum Gasteiger partial charge on any atom is -0.192 e. The van der Waals surface area contributed by atoms with E-state index >= 15 is 0 Å². The molecule has 0 fully saturated rings. The molecule has 0 unspecified atom stereocenters. The predicted octanol–water partition coefficient (Wildman–Crippen LogP) is 10.6. The monoisotopic (exact) mass is 652 g/mol. The van der Waals surface area contributed by atoms with Crippen LogP contribution in [0, 0.1) is 0 Å². The van der Waals surface area contributed by atoms with Gasteiger partial charge in [-0.2, -0.15) is 96.6 Å². The molecule has 0 saturated heterocycles. The Kier molecular flexibility index (Phi) is 12.2. The second-order valence-corrected chi connectivity index (χ2v) is 8.00. The maximum Gasteiger partial charge on any atom is 0.460 e. The zero-order valence-electron chi connectivity index (χ0n) is 19.6. The average molecular weight is 652 g/mol. The molecule has 244 valence electrons. The number of alkyl halides is 22. The van der Waals surface area contributed by atoms with Gasteiger partial charge in [0.05, 0.1) is 0 Å². The van der Waals surface area contributed by atoms with Gasteiger partial charge in [-0.1, -0.05) is 52.4 Å². The second kappa shape index (κ2) is 12.0. The van der Waals surface area contributed by atoms with Crippen LogP contribution in [0.25, 0.3) is 0 Å². The molecule has 0 nitrogen and oxygen atoms in total. The van der Waals surface area contributed by atoms with Gasteiger partial charge in [-0.3, -0.25) is 0 Å². The third-order valence-electron chi connectivity index (χ3n) is 4.93. The first-order valence-corrected chi connectivity index (χ1v) is 10.3. The van der Waals surface area contributed by atoms with E-state index < -0.39 is 59.7 Å². The first kappa shape index (κ1) is 40.6. The molecule has 0 radical (unpaired) electrons. The van der Waals surface area contributed by atoms with Crippen molar-refractivity contribution in [3.63, 3.8) is 0 Å². The van der Waals surface area contributed by atoms with Gasteiger partial charge in [-0.05, 0) is 0 Å². The quantitative estimate of drug-likeness (QED) is 0.145. The molecule has 40 heavy (non-hydrogen) atoms. The highest BCUT2D eigenvalue weighted by atomic mass is 19.4. The van der Waals surface area contributed by atoms with Crippen molar-refractivity contribution in [2.45, 2.75) is 112 Å². The molecule has 0 aliphatic heterocycles. The number of halogens is 22. The first-order valence-electron chi connectivity index (χ1n) is 10.3. The van der Waals surface area contributed by atoms with Gasteiger partial charge in [0.25, 0.3) is 0 Å². The average Bonchev–Trinajstić information content (AvgIpc) is 2.74. The number of rotatable bonds is 12. The lowest BCUT2D eigenvalue weighted by Crippen LogP contribution is -2.76. The van der Waals surface area contributed by atoms with E-state index in [0.717, 1.165) is 0 Å². The van der Waals surface area contributed by atoms with Gasteiger partial charge in [0.15, 0.2) is 0 Å². The van der Waals surface area contributed by atoms with E-state index in [1.807, 2.05) is 0 Å². The summed E-state index contributed by atoms with van der Waals surface area (Å²) in [6.07, 6.45) is -7.57. The van der Waals surface area contributed by atoms with Crippen molar-refractivity contribution in [1.82, 2.24) is 0 Å². The van der Waals surface area contributed by atoms with Crippen molar-refractivity contribution in [3.05, 3.63) is 0 Å². The third kappa shape index (κ3) is 6.43. The van der Waals surface area contributed by atoms with Gasteiger partial charge in [-0.15, -0.1) is 0 Å². The fourth-order valence-electron chi connectivity index (χ4n) is 2.39. The summed E-state index contributed by atoms with van der Waals surface area (Å²) in [6.45, 7) is 4.51. The summed E-state index contributed by atoms with van der Waals surface area (Å²) in [5.74, 6) is -71.5. The summed E-state index contributed by atoms with van der Waals surface area (Å²) in [6, 6.07) is 0. The SMILES string of the molecule is CCCCCCCC.FC(F)(F)C(F)(F)C(F)(F)C(F)(F)C(F)(F)C(F)(F)C(F)(F)C(F)(F)C(F)(F)C(F)(F)F. The van der Waals surface area contributed by atoms with Gasteiger partial charge in [0, 0.05) is 0 Å². The van der Waals surface area contributed by atoms with Crippen LogP contribution in [0.5, 0.6) is 0 Å². The second-order valence-electron chi connectivity index (χ2n) is 8.00. The van der Waals surface area contributed by atoms with Crippen LogP contribution in [-0.2, 0) is 0 Å². The van der Waals surface area contributed by atoms with E-state index in [4.69, 9.17) is 0 Å². The van der Waals surface area contributed by atoms with Crippen LogP contribution in [0.4, 0.5) is 96.6 Å². The minimum absolute atomic E-state index is 1.36. The predicted molar refractivity (Wildman–Crippen MR) is 90.7 cm³/mol. The smallest absolute Gasteiger partial charge is 0.192 e. The van der Waals surface area contributed by atoms with Gasteiger partial charge in [0.1, 0.15) is 0 Å². The van der Waals surface area contributed by atoms with Crippen molar-refractivity contribution in [3.8, 4) is 0 Å². The number of hydrogen-bond donors (Lipinski definition) is 0. The Labute approximate surface area is 210 Å². The highest BCUT2D eigenvalue weighted by molar-refractivity contribution is 5.17. The number of unbranched alkanes of at least 4 members (excludes halogenated alkanes) is 5. The first-order chi connectivity index (χ1) is 17.2. The molecule has 0 N–H and O–H groups in total. The van der Waals surface area contributed by atoms with Crippen molar-refractivity contribution >= 4 is 0 Å². The van der Waals surface area contributed by atoms with E-state index in [9.17, 15) is 96.6 Å². The summed E-state index contributed by atoms with van der Waals surface area (Å²) in [7, 11) is 0. The Morgan fingerprint density at radius 3 is 0.525 bits per heavy atom. The molecule has 0 spiro atoms. The lowest BCUT2D eigenvalue weighted by atomic mass is 9.87. The van der Waals surface area contributed by atoms with E-state index in [0.29, 0.717) is 0 Å². The molecule has 0 rings (SSSR count). The fraction of sp³-hybridized carbons (Fsp3) is 1.00. The summed E-state index contributed by atoms with van der Waals surface area (Å²) in [5, 5.41) is 0.